The average Bonchev–Trinajstić information content (AvgIpc) is 2.74. The lowest BCUT2D eigenvalue weighted by atomic mass is 10.1. The van der Waals surface area contributed by atoms with Crippen LogP contribution in [0, 0.1) is 17.1 Å². The van der Waals surface area contributed by atoms with Gasteiger partial charge in [0.15, 0.2) is 0 Å². The Balaban J connectivity index is 1.85. The third-order valence-corrected chi connectivity index (χ3v) is 4.10. The zero-order valence-electron chi connectivity index (χ0n) is 18.1. The van der Waals surface area contributed by atoms with Gasteiger partial charge in [0.25, 0.3) is 5.56 Å². The number of halogens is 1. The number of carbonyl (C=O) groups excluding carboxylic acids is 1. The molecule has 1 heterocycles. The van der Waals surface area contributed by atoms with E-state index in [1.807, 2.05) is 6.07 Å². The van der Waals surface area contributed by atoms with Gasteiger partial charge in [0.1, 0.15) is 23.1 Å². The summed E-state index contributed by atoms with van der Waals surface area (Å²) < 4.78 is 19.0. The van der Waals surface area contributed by atoms with E-state index in [9.17, 15) is 19.2 Å². The van der Waals surface area contributed by atoms with E-state index < -0.39 is 23.1 Å². The van der Waals surface area contributed by atoms with Gasteiger partial charge in [0.05, 0.1) is 17.6 Å². The fourth-order valence-electron chi connectivity index (χ4n) is 2.77. The van der Waals surface area contributed by atoms with Crippen molar-refractivity contribution >= 4 is 23.9 Å². The highest BCUT2D eigenvalue weighted by Crippen LogP contribution is 2.20. The van der Waals surface area contributed by atoms with Crippen LogP contribution in [0.5, 0.6) is 0 Å². The number of nitrogens with zero attached hydrogens (tertiary/aromatic N) is 3. The van der Waals surface area contributed by atoms with E-state index in [4.69, 9.17) is 4.74 Å². The van der Waals surface area contributed by atoms with Crippen LogP contribution in [0.4, 0.5) is 20.8 Å². The Hall–Kier alpha value is -4.52. The lowest BCUT2D eigenvalue weighted by molar-refractivity contribution is 0.0636. The number of ether oxygens (including phenoxy) is 1. The molecule has 0 bridgehead atoms. The summed E-state index contributed by atoms with van der Waals surface area (Å²) in [7, 11) is 0. The standard InChI is InChI=1S/C23H21FN6O3/c1-23(2,3)33-22(32)27-18-10-9-16(24)11-15(18)13-26-30-21-28-19(14-7-5-4-6-8-14)17(12-25)20(31)29-21/h4-11,13H,1-3H3,(H,27,32)(H2,28,29,30,31). The first-order chi connectivity index (χ1) is 15.7. The number of aromatic amines is 1. The molecule has 10 heteroatoms. The molecule has 3 rings (SSSR count). The van der Waals surface area contributed by atoms with Crippen LogP contribution in [0.15, 0.2) is 58.4 Å². The minimum absolute atomic E-state index is 0.0212. The van der Waals surface area contributed by atoms with E-state index in [0.717, 1.165) is 0 Å². The zero-order valence-corrected chi connectivity index (χ0v) is 18.1. The van der Waals surface area contributed by atoms with Crippen LogP contribution < -0.4 is 16.3 Å². The number of nitriles is 1. The predicted molar refractivity (Wildman–Crippen MR) is 122 cm³/mol. The smallest absolute Gasteiger partial charge is 0.412 e. The SMILES string of the molecule is CC(C)(C)OC(=O)Nc1ccc(F)cc1C=NNc1nc(-c2ccccc2)c(C#N)c(=O)[nH]1. The molecule has 33 heavy (non-hydrogen) atoms. The Morgan fingerprint density at radius 1 is 1.24 bits per heavy atom. The monoisotopic (exact) mass is 448 g/mol. The number of hydrogen-bond acceptors (Lipinski definition) is 7. The van der Waals surface area contributed by atoms with Crippen molar-refractivity contribution in [3.8, 4) is 17.3 Å². The molecule has 0 atom stereocenters. The molecule has 0 aliphatic carbocycles. The van der Waals surface area contributed by atoms with Gasteiger partial charge in [-0.05, 0) is 39.0 Å². The number of anilines is 2. The summed E-state index contributed by atoms with van der Waals surface area (Å²) in [6.45, 7) is 5.16. The molecular weight excluding hydrogens is 427 g/mol. The van der Waals surface area contributed by atoms with Gasteiger partial charge in [-0.3, -0.25) is 15.1 Å². The highest BCUT2D eigenvalue weighted by molar-refractivity contribution is 5.95. The van der Waals surface area contributed by atoms with Gasteiger partial charge >= 0.3 is 6.09 Å². The van der Waals surface area contributed by atoms with Crippen molar-refractivity contribution < 1.29 is 13.9 Å². The van der Waals surface area contributed by atoms with E-state index >= 15 is 0 Å². The Bertz CT molecular complexity index is 1290. The molecule has 0 saturated carbocycles. The van der Waals surface area contributed by atoms with Crippen molar-refractivity contribution in [2.75, 3.05) is 10.7 Å². The third-order valence-electron chi connectivity index (χ3n) is 4.10. The summed E-state index contributed by atoms with van der Waals surface area (Å²) in [6, 6.07) is 14.3. The van der Waals surface area contributed by atoms with Gasteiger partial charge in [0, 0.05) is 11.1 Å². The van der Waals surface area contributed by atoms with Gasteiger partial charge in [-0.15, -0.1) is 0 Å². The van der Waals surface area contributed by atoms with Gasteiger partial charge in [-0.2, -0.15) is 10.4 Å². The van der Waals surface area contributed by atoms with Crippen molar-refractivity contribution in [3.63, 3.8) is 0 Å². The molecule has 3 aromatic rings. The Labute approximate surface area is 188 Å². The second kappa shape index (κ2) is 9.74. The number of rotatable bonds is 5. The topological polar surface area (TPSA) is 132 Å². The molecule has 0 fully saturated rings. The molecule has 9 nitrogen and oxygen atoms in total. The molecular formula is C23H21FN6O3. The van der Waals surface area contributed by atoms with E-state index in [1.54, 1.807) is 51.1 Å². The Morgan fingerprint density at radius 3 is 2.64 bits per heavy atom. The molecule has 0 saturated heterocycles. The van der Waals surface area contributed by atoms with Gasteiger partial charge in [-0.25, -0.2) is 19.6 Å². The predicted octanol–water partition coefficient (Wildman–Crippen LogP) is 4.24. The highest BCUT2D eigenvalue weighted by Gasteiger charge is 2.17. The molecule has 0 unspecified atom stereocenters. The zero-order chi connectivity index (χ0) is 24.0. The molecule has 3 N–H and O–H groups in total. The van der Waals surface area contributed by atoms with Gasteiger partial charge in [0.2, 0.25) is 5.95 Å². The Kier molecular flexibility index (Phi) is 6.83. The molecule has 168 valence electrons. The number of H-pyrrole nitrogens is 1. The quantitative estimate of drug-likeness (QED) is 0.395. The van der Waals surface area contributed by atoms with Crippen molar-refractivity contribution in [2.45, 2.75) is 26.4 Å². The van der Waals surface area contributed by atoms with E-state index in [-0.39, 0.29) is 28.5 Å². The summed E-state index contributed by atoms with van der Waals surface area (Å²) in [5.74, 6) is -0.561. The number of hydrazone groups is 1. The van der Waals surface area contributed by atoms with Crippen LogP contribution in [-0.2, 0) is 4.74 Å². The van der Waals surface area contributed by atoms with Crippen molar-refractivity contribution in [2.24, 2.45) is 5.10 Å². The lowest BCUT2D eigenvalue weighted by Gasteiger charge is -2.20. The summed E-state index contributed by atoms with van der Waals surface area (Å²) in [5.41, 5.74) is 2.37. The van der Waals surface area contributed by atoms with Gasteiger partial charge < -0.3 is 4.74 Å². The van der Waals surface area contributed by atoms with Crippen molar-refractivity contribution in [1.29, 1.82) is 5.26 Å². The molecule has 1 aromatic heterocycles. The maximum atomic E-state index is 13.8. The van der Waals surface area contributed by atoms with Crippen LogP contribution in [0.1, 0.15) is 31.9 Å². The first-order valence-corrected chi connectivity index (χ1v) is 9.85. The number of nitrogens with one attached hydrogen (secondary N) is 3. The first-order valence-electron chi connectivity index (χ1n) is 9.85. The maximum Gasteiger partial charge on any atom is 0.412 e. The number of carbonyl (C=O) groups is 1. The Morgan fingerprint density at radius 2 is 1.97 bits per heavy atom. The lowest BCUT2D eigenvalue weighted by Crippen LogP contribution is -2.27. The van der Waals surface area contributed by atoms with E-state index in [0.29, 0.717) is 5.56 Å². The minimum Gasteiger partial charge on any atom is -0.444 e. The molecule has 2 aromatic carbocycles. The van der Waals surface area contributed by atoms with Crippen LogP contribution in [0.2, 0.25) is 0 Å². The van der Waals surface area contributed by atoms with Gasteiger partial charge in [-0.1, -0.05) is 30.3 Å². The summed E-state index contributed by atoms with van der Waals surface area (Å²) in [5, 5.41) is 15.9. The van der Waals surface area contributed by atoms with E-state index in [2.05, 4.69) is 25.8 Å². The van der Waals surface area contributed by atoms with Crippen molar-refractivity contribution in [1.82, 2.24) is 9.97 Å². The minimum atomic E-state index is -0.706. The molecule has 0 aliphatic rings. The largest absolute Gasteiger partial charge is 0.444 e. The molecule has 1 amide bonds. The summed E-state index contributed by atoms with van der Waals surface area (Å²) >= 11 is 0. The van der Waals surface area contributed by atoms with Crippen LogP contribution >= 0.6 is 0 Å². The molecule has 0 spiro atoms. The normalized spacial score (nSPS) is 11.1. The summed E-state index contributed by atoms with van der Waals surface area (Å²) in [6.07, 6.45) is 0.540. The second-order valence-electron chi connectivity index (χ2n) is 7.84. The average molecular weight is 448 g/mol. The fourth-order valence-corrected chi connectivity index (χ4v) is 2.77. The van der Waals surface area contributed by atoms with Crippen LogP contribution in [-0.4, -0.2) is 27.9 Å². The van der Waals surface area contributed by atoms with E-state index in [1.165, 1.54) is 24.4 Å². The maximum absolute atomic E-state index is 13.8. The highest BCUT2D eigenvalue weighted by atomic mass is 19.1. The van der Waals surface area contributed by atoms with Crippen molar-refractivity contribution in [3.05, 3.63) is 75.8 Å². The third kappa shape index (κ3) is 6.24. The molecule has 0 radical (unpaired) electrons. The fraction of sp³-hybridized carbons (Fsp3) is 0.174. The van der Waals surface area contributed by atoms with Crippen LogP contribution in [0.25, 0.3) is 11.3 Å². The number of aromatic nitrogens is 2. The second-order valence-corrected chi connectivity index (χ2v) is 7.84. The molecule has 0 aliphatic heterocycles. The summed E-state index contributed by atoms with van der Waals surface area (Å²) in [4.78, 5) is 31.1. The first kappa shape index (κ1) is 23.1. The number of amides is 1. The number of benzene rings is 2. The van der Waals surface area contributed by atoms with Crippen LogP contribution in [0.3, 0.4) is 0 Å². The number of hydrogen-bond donors (Lipinski definition) is 3.